The molecule has 1 aliphatic carbocycles. The lowest BCUT2D eigenvalue weighted by Crippen LogP contribution is -1.92. The van der Waals surface area contributed by atoms with Crippen molar-refractivity contribution in [3.8, 4) is 0 Å². The molecule has 0 unspecified atom stereocenters. The highest BCUT2D eigenvalue weighted by Crippen LogP contribution is 2.40. The third-order valence-electron chi connectivity index (χ3n) is 2.62. The molecule has 1 aliphatic rings. The molecule has 0 saturated heterocycles. The molecule has 3 heteroatoms. The maximum Gasteiger partial charge on any atom is 0.154 e. The highest BCUT2D eigenvalue weighted by molar-refractivity contribution is 5.42. The average Bonchev–Trinajstić information content (AvgIpc) is 2.94. The topological polar surface area (TPSA) is 30.2 Å². The van der Waals surface area contributed by atoms with Crippen LogP contribution in [-0.4, -0.2) is 14.6 Å². The van der Waals surface area contributed by atoms with E-state index in [1.165, 1.54) is 24.2 Å². The van der Waals surface area contributed by atoms with Crippen LogP contribution in [0.25, 0.3) is 5.65 Å². The summed E-state index contributed by atoms with van der Waals surface area (Å²) < 4.78 is 1.92. The number of nitrogens with zero attached hydrogens (tertiary/aromatic N) is 3. The molecule has 0 amide bonds. The van der Waals surface area contributed by atoms with E-state index in [0.717, 1.165) is 5.65 Å². The summed E-state index contributed by atoms with van der Waals surface area (Å²) in [5, 5.41) is 4.27. The van der Waals surface area contributed by atoms with Gasteiger partial charge in [0.25, 0.3) is 0 Å². The Kier molecular flexibility index (Phi) is 1.26. The summed E-state index contributed by atoms with van der Waals surface area (Å²) in [6, 6.07) is 3.93. The fraction of sp³-hybridized carbons (Fsp3) is 0.400. The van der Waals surface area contributed by atoms with Gasteiger partial charge in [-0.3, -0.25) is 0 Å². The predicted molar refractivity (Wildman–Crippen MR) is 49.7 cm³/mol. The summed E-state index contributed by atoms with van der Waals surface area (Å²) in [7, 11) is 0. The van der Waals surface area contributed by atoms with Crippen LogP contribution in [0.2, 0.25) is 0 Å². The van der Waals surface area contributed by atoms with Crippen LogP contribution in [0, 0.1) is 6.92 Å². The molecule has 13 heavy (non-hydrogen) atoms. The maximum absolute atomic E-state index is 4.57. The molecule has 2 aromatic heterocycles. The van der Waals surface area contributed by atoms with E-state index in [9.17, 15) is 0 Å². The Morgan fingerprint density at radius 3 is 3.00 bits per heavy atom. The van der Waals surface area contributed by atoms with E-state index in [4.69, 9.17) is 0 Å². The molecule has 0 N–H and O–H groups in total. The van der Waals surface area contributed by atoms with Crippen LogP contribution in [0.1, 0.15) is 30.1 Å². The first kappa shape index (κ1) is 7.06. The third-order valence-corrected chi connectivity index (χ3v) is 2.62. The van der Waals surface area contributed by atoms with E-state index >= 15 is 0 Å². The quantitative estimate of drug-likeness (QED) is 0.659. The van der Waals surface area contributed by atoms with Gasteiger partial charge in [0.2, 0.25) is 0 Å². The van der Waals surface area contributed by atoms with Crippen molar-refractivity contribution < 1.29 is 0 Å². The number of imidazole rings is 1. The Balaban J connectivity index is 2.30. The van der Waals surface area contributed by atoms with E-state index in [0.29, 0.717) is 5.92 Å². The zero-order valence-corrected chi connectivity index (χ0v) is 7.57. The highest BCUT2D eigenvalue weighted by Gasteiger charge is 2.28. The zero-order chi connectivity index (χ0) is 8.84. The second kappa shape index (κ2) is 2.31. The number of hydrogen-bond acceptors (Lipinski definition) is 2. The summed E-state index contributed by atoms with van der Waals surface area (Å²) >= 11 is 0. The van der Waals surface area contributed by atoms with Gasteiger partial charge < -0.3 is 0 Å². The van der Waals surface area contributed by atoms with Crippen molar-refractivity contribution in [2.75, 3.05) is 0 Å². The Labute approximate surface area is 76.4 Å². The number of aryl methyl sites for hydroxylation is 1. The van der Waals surface area contributed by atoms with E-state index in [1.54, 1.807) is 6.20 Å². The van der Waals surface area contributed by atoms with Crippen molar-refractivity contribution in [3.63, 3.8) is 0 Å². The van der Waals surface area contributed by atoms with Gasteiger partial charge in [-0.15, -0.1) is 0 Å². The second-order valence-corrected chi connectivity index (χ2v) is 3.65. The Morgan fingerprint density at radius 1 is 1.46 bits per heavy atom. The molecule has 0 aromatic carbocycles. The first-order valence-electron chi connectivity index (χ1n) is 4.66. The highest BCUT2D eigenvalue weighted by atomic mass is 15.3. The fourth-order valence-electron chi connectivity index (χ4n) is 1.76. The van der Waals surface area contributed by atoms with Crippen molar-refractivity contribution >= 4 is 5.65 Å². The molecule has 0 bridgehead atoms. The number of hydrogen-bond donors (Lipinski definition) is 0. The molecule has 2 heterocycles. The number of aromatic nitrogens is 3. The lowest BCUT2D eigenvalue weighted by molar-refractivity contribution is 0.886. The molecule has 3 nitrogen and oxygen atoms in total. The van der Waals surface area contributed by atoms with Gasteiger partial charge in [0.05, 0.1) is 11.4 Å². The summed E-state index contributed by atoms with van der Waals surface area (Å²) in [6.07, 6.45) is 4.40. The second-order valence-electron chi connectivity index (χ2n) is 3.65. The first-order valence-corrected chi connectivity index (χ1v) is 4.66. The van der Waals surface area contributed by atoms with Crippen molar-refractivity contribution in [2.45, 2.75) is 25.7 Å². The molecule has 0 radical (unpaired) electrons. The average molecular weight is 173 g/mol. The lowest BCUT2D eigenvalue weighted by Gasteiger charge is -1.93. The van der Waals surface area contributed by atoms with Crippen LogP contribution in [-0.2, 0) is 0 Å². The summed E-state index contributed by atoms with van der Waals surface area (Å²) in [5.41, 5.74) is 3.43. The van der Waals surface area contributed by atoms with E-state index < -0.39 is 0 Å². The predicted octanol–water partition coefficient (Wildman–Crippen LogP) is 1.92. The third kappa shape index (κ3) is 0.963. The van der Waals surface area contributed by atoms with E-state index in [1.807, 2.05) is 16.6 Å². The lowest BCUT2D eigenvalue weighted by atomic mass is 10.2. The Morgan fingerprint density at radius 2 is 2.31 bits per heavy atom. The van der Waals surface area contributed by atoms with E-state index in [-0.39, 0.29) is 0 Å². The van der Waals surface area contributed by atoms with Gasteiger partial charge in [0.1, 0.15) is 0 Å². The number of rotatable bonds is 1. The van der Waals surface area contributed by atoms with Crippen LogP contribution in [0.5, 0.6) is 0 Å². The summed E-state index contributed by atoms with van der Waals surface area (Å²) in [6.45, 7) is 2.10. The Bertz CT molecular complexity index is 454. The van der Waals surface area contributed by atoms with Crippen LogP contribution in [0.3, 0.4) is 0 Å². The standard InChI is InChI=1S/C10H11N3/c1-7-10(8-4-5-8)12-9-3-2-6-11-13(7)9/h2-3,6,8H,4-5H2,1H3. The summed E-state index contributed by atoms with van der Waals surface area (Å²) in [4.78, 5) is 4.57. The molecule has 2 aromatic rings. The van der Waals surface area contributed by atoms with Crippen molar-refractivity contribution in [2.24, 2.45) is 0 Å². The van der Waals surface area contributed by atoms with Gasteiger partial charge in [0, 0.05) is 12.1 Å². The first-order chi connectivity index (χ1) is 6.36. The molecule has 1 fully saturated rings. The minimum Gasteiger partial charge on any atom is -0.232 e. The minimum atomic E-state index is 0.710. The molecular weight excluding hydrogens is 162 g/mol. The largest absolute Gasteiger partial charge is 0.232 e. The Hall–Kier alpha value is -1.38. The van der Waals surface area contributed by atoms with Crippen molar-refractivity contribution in [1.29, 1.82) is 0 Å². The van der Waals surface area contributed by atoms with Crippen LogP contribution in [0.15, 0.2) is 18.3 Å². The van der Waals surface area contributed by atoms with Gasteiger partial charge >= 0.3 is 0 Å². The minimum absolute atomic E-state index is 0.710. The van der Waals surface area contributed by atoms with Crippen LogP contribution < -0.4 is 0 Å². The van der Waals surface area contributed by atoms with Crippen molar-refractivity contribution in [3.05, 3.63) is 29.7 Å². The normalized spacial score (nSPS) is 16.7. The number of fused-ring (bicyclic) bond motifs is 1. The van der Waals surface area contributed by atoms with Gasteiger partial charge in [-0.1, -0.05) is 0 Å². The zero-order valence-electron chi connectivity index (χ0n) is 7.57. The van der Waals surface area contributed by atoms with Gasteiger partial charge in [-0.25, -0.2) is 9.50 Å². The van der Waals surface area contributed by atoms with Crippen LogP contribution >= 0.6 is 0 Å². The van der Waals surface area contributed by atoms with E-state index in [2.05, 4.69) is 17.0 Å². The fourth-order valence-corrected chi connectivity index (χ4v) is 1.76. The molecule has 66 valence electrons. The maximum atomic E-state index is 4.57. The van der Waals surface area contributed by atoms with Crippen molar-refractivity contribution in [1.82, 2.24) is 14.6 Å². The summed E-state index contributed by atoms with van der Waals surface area (Å²) in [5.74, 6) is 0.710. The van der Waals surface area contributed by atoms with Gasteiger partial charge in [-0.05, 0) is 31.9 Å². The van der Waals surface area contributed by atoms with Gasteiger partial charge in [-0.2, -0.15) is 5.10 Å². The molecule has 1 saturated carbocycles. The van der Waals surface area contributed by atoms with Gasteiger partial charge in [0.15, 0.2) is 5.65 Å². The molecular formula is C10H11N3. The molecule has 0 spiro atoms. The molecule has 0 aliphatic heterocycles. The molecule has 0 atom stereocenters. The smallest absolute Gasteiger partial charge is 0.154 e. The monoisotopic (exact) mass is 173 g/mol. The SMILES string of the molecule is Cc1c(C2CC2)nc2cccnn12. The van der Waals surface area contributed by atoms with Crippen LogP contribution in [0.4, 0.5) is 0 Å². The molecule has 3 rings (SSSR count).